The summed E-state index contributed by atoms with van der Waals surface area (Å²) in [7, 11) is -5.47. The predicted molar refractivity (Wildman–Crippen MR) is 47.3 cm³/mol. The zero-order chi connectivity index (χ0) is 9.28. The van der Waals surface area contributed by atoms with E-state index < -0.39 is 18.2 Å². The first-order valence-corrected chi connectivity index (χ1v) is 8.72. The van der Waals surface area contributed by atoms with Crippen molar-refractivity contribution in [3.8, 4) is 0 Å². The summed E-state index contributed by atoms with van der Waals surface area (Å²) in [5, 5.41) is 0. The van der Waals surface area contributed by atoms with Gasteiger partial charge in [0.05, 0.1) is 10.1 Å². The van der Waals surface area contributed by atoms with E-state index in [0.717, 1.165) is 0 Å². The van der Waals surface area contributed by atoms with Crippen molar-refractivity contribution in [3.63, 3.8) is 0 Å². The van der Waals surface area contributed by atoms with Crippen molar-refractivity contribution in [1.29, 1.82) is 0 Å². The molecule has 1 unspecified atom stereocenters. The van der Waals surface area contributed by atoms with E-state index in [1.165, 1.54) is 0 Å². The molecule has 0 amide bonds. The van der Waals surface area contributed by atoms with Gasteiger partial charge in [-0.05, 0) is 5.54 Å². The predicted octanol–water partition coefficient (Wildman–Crippen LogP) is -1.74. The molecule has 3 nitrogen and oxygen atoms in total. The molecule has 0 aromatic carbocycles. The van der Waals surface area contributed by atoms with Gasteiger partial charge in [-0.2, -0.15) is 0 Å². The molecule has 0 aliphatic rings. The molecule has 0 aromatic rings. The summed E-state index contributed by atoms with van der Waals surface area (Å²) in [6.45, 7) is 8.01. The van der Waals surface area contributed by atoms with E-state index in [2.05, 4.69) is 19.6 Å². The fourth-order valence-corrected chi connectivity index (χ4v) is 3.78. The van der Waals surface area contributed by atoms with Crippen LogP contribution in [0.2, 0.25) is 25.2 Å². The zero-order valence-electron chi connectivity index (χ0n) is 8.42. The van der Waals surface area contributed by atoms with Crippen LogP contribution >= 0.6 is 0 Å². The SMILES string of the molecule is CC(CS(=O)(=O)[O-])[Si](C)(C)C.[Na+]. The first-order valence-electron chi connectivity index (χ1n) is 3.56. The Labute approximate surface area is 98.0 Å². The fourth-order valence-electron chi connectivity index (χ4n) is 0.556. The van der Waals surface area contributed by atoms with Crippen LogP contribution in [0.3, 0.4) is 0 Å². The summed E-state index contributed by atoms with van der Waals surface area (Å²) in [5.41, 5.74) is 0.0463. The summed E-state index contributed by atoms with van der Waals surface area (Å²) in [4.78, 5) is 0. The van der Waals surface area contributed by atoms with Crippen LogP contribution in [0.25, 0.3) is 0 Å². The van der Waals surface area contributed by atoms with Crippen LogP contribution in [0, 0.1) is 0 Å². The molecule has 0 aliphatic heterocycles. The maximum Gasteiger partial charge on any atom is 1.00 e. The largest absolute Gasteiger partial charge is 1.00 e. The fraction of sp³-hybridized carbons (Fsp3) is 1.00. The molecular weight excluding hydrogens is 203 g/mol. The van der Waals surface area contributed by atoms with Crippen LogP contribution in [0.15, 0.2) is 0 Å². The average molecular weight is 218 g/mol. The standard InChI is InChI=1S/C6H16O3SSi.Na/c1-6(11(2,3)4)5-10(7,8)9;/h6H,5H2,1-4H3,(H,7,8,9);/q;+1/p-1. The number of hydrogen-bond acceptors (Lipinski definition) is 3. The van der Waals surface area contributed by atoms with Crippen molar-refractivity contribution in [2.24, 2.45) is 0 Å². The number of hydrogen-bond donors (Lipinski definition) is 0. The molecule has 0 aromatic heterocycles. The van der Waals surface area contributed by atoms with Gasteiger partial charge < -0.3 is 4.55 Å². The smallest absolute Gasteiger partial charge is 0.748 e. The van der Waals surface area contributed by atoms with Crippen molar-refractivity contribution in [2.75, 3.05) is 5.75 Å². The monoisotopic (exact) mass is 218 g/mol. The van der Waals surface area contributed by atoms with E-state index >= 15 is 0 Å². The Morgan fingerprint density at radius 3 is 1.75 bits per heavy atom. The number of rotatable bonds is 3. The molecule has 0 saturated heterocycles. The van der Waals surface area contributed by atoms with Gasteiger partial charge in [-0.1, -0.05) is 26.6 Å². The Kier molecular flexibility index (Phi) is 6.65. The summed E-state index contributed by atoms with van der Waals surface area (Å²) in [6, 6.07) is 0. The third-order valence-electron chi connectivity index (χ3n) is 1.93. The van der Waals surface area contributed by atoms with Gasteiger partial charge in [0.15, 0.2) is 0 Å². The third kappa shape index (κ3) is 7.76. The third-order valence-corrected chi connectivity index (χ3v) is 6.30. The molecule has 0 radical (unpaired) electrons. The summed E-state index contributed by atoms with van der Waals surface area (Å²) >= 11 is 0. The molecule has 0 spiro atoms. The molecule has 1 atom stereocenters. The summed E-state index contributed by atoms with van der Waals surface area (Å²) in [6.07, 6.45) is 0. The second-order valence-corrected chi connectivity index (χ2v) is 11.2. The van der Waals surface area contributed by atoms with Gasteiger partial charge in [-0.15, -0.1) is 0 Å². The summed E-state index contributed by atoms with van der Waals surface area (Å²) in [5.74, 6) is -0.206. The topological polar surface area (TPSA) is 57.2 Å². The molecule has 12 heavy (non-hydrogen) atoms. The van der Waals surface area contributed by atoms with Gasteiger partial charge in [0.1, 0.15) is 0 Å². The molecule has 0 saturated carbocycles. The molecule has 68 valence electrons. The van der Waals surface area contributed by atoms with E-state index in [4.69, 9.17) is 0 Å². The van der Waals surface area contributed by atoms with E-state index in [1.54, 1.807) is 0 Å². The van der Waals surface area contributed by atoms with Crippen molar-refractivity contribution < 1.29 is 42.5 Å². The van der Waals surface area contributed by atoms with Crippen LogP contribution in [0.1, 0.15) is 6.92 Å². The maximum atomic E-state index is 10.4. The Morgan fingerprint density at radius 1 is 1.33 bits per heavy atom. The Hall–Kier alpha value is 1.13. The molecule has 0 rings (SSSR count). The van der Waals surface area contributed by atoms with Gasteiger partial charge in [-0.25, -0.2) is 8.42 Å². The summed E-state index contributed by atoms with van der Waals surface area (Å²) < 4.78 is 31.1. The van der Waals surface area contributed by atoms with Gasteiger partial charge in [0.25, 0.3) is 0 Å². The first kappa shape index (κ1) is 15.6. The maximum absolute atomic E-state index is 10.4. The van der Waals surface area contributed by atoms with Crippen molar-refractivity contribution in [3.05, 3.63) is 0 Å². The van der Waals surface area contributed by atoms with Crippen molar-refractivity contribution >= 4 is 18.2 Å². The van der Waals surface area contributed by atoms with Crippen molar-refractivity contribution in [2.45, 2.75) is 32.1 Å². The van der Waals surface area contributed by atoms with Crippen LogP contribution in [-0.4, -0.2) is 26.8 Å². The second-order valence-electron chi connectivity index (χ2n) is 3.99. The molecular formula is C6H15NaO3SSi. The molecule has 0 aliphatic carbocycles. The van der Waals surface area contributed by atoms with E-state index in [-0.39, 0.29) is 40.9 Å². The Morgan fingerprint density at radius 2 is 1.67 bits per heavy atom. The molecule has 0 bridgehead atoms. The quantitative estimate of drug-likeness (QED) is 0.417. The van der Waals surface area contributed by atoms with Crippen LogP contribution in [-0.2, 0) is 10.1 Å². The minimum atomic E-state index is -4.02. The zero-order valence-corrected chi connectivity index (χ0v) is 12.2. The van der Waals surface area contributed by atoms with Gasteiger partial charge in [0.2, 0.25) is 0 Å². The minimum absolute atomic E-state index is 0. The Bertz CT molecular complexity index is 219. The first-order chi connectivity index (χ1) is 4.63. The van der Waals surface area contributed by atoms with Crippen molar-refractivity contribution in [1.82, 2.24) is 0 Å². The van der Waals surface area contributed by atoms with Crippen LogP contribution in [0.5, 0.6) is 0 Å². The van der Waals surface area contributed by atoms with Crippen LogP contribution in [0.4, 0.5) is 0 Å². The normalized spacial score (nSPS) is 15.1. The minimum Gasteiger partial charge on any atom is -0.748 e. The van der Waals surface area contributed by atoms with Gasteiger partial charge in [-0.3, -0.25) is 0 Å². The van der Waals surface area contributed by atoms with E-state index in [1.807, 2.05) is 6.92 Å². The second kappa shape index (κ2) is 5.12. The average Bonchev–Trinajstić information content (AvgIpc) is 1.56. The van der Waals surface area contributed by atoms with E-state index in [9.17, 15) is 13.0 Å². The Balaban J connectivity index is 0. The van der Waals surface area contributed by atoms with Crippen LogP contribution < -0.4 is 29.6 Å². The molecule has 0 N–H and O–H groups in total. The van der Waals surface area contributed by atoms with Gasteiger partial charge >= 0.3 is 29.6 Å². The molecule has 6 heteroatoms. The molecule has 0 fully saturated rings. The van der Waals surface area contributed by atoms with Gasteiger partial charge in [0, 0.05) is 13.8 Å². The molecule has 0 heterocycles. The van der Waals surface area contributed by atoms with E-state index in [0.29, 0.717) is 0 Å².